The van der Waals surface area contributed by atoms with Gasteiger partial charge in [-0.05, 0) is 43.5 Å². The summed E-state index contributed by atoms with van der Waals surface area (Å²) < 4.78 is 25.2. The van der Waals surface area contributed by atoms with Gasteiger partial charge in [0.05, 0.1) is 11.9 Å². The van der Waals surface area contributed by atoms with Crippen LogP contribution in [0.4, 0.5) is 5.69 Å². The van der Waals surface area contributed by atoms with Crippen molar-refractivity contribution in [2.45, 2.75) is 19.8 Å². The van der Waals surface area contributed by atoms with E-state index >= 15 is 0 Å². The fourth-order valence-electron chi connectivity index (χ4n) is 2.66. The van der Waals surface area contributed by atoms with Gasteiger partial charge in [0.1, 0.15) is 6.54 Å². The highest BCUT2D eigenvalue weighted by Crippen LogP contribution is 2.26. The van der Waals surface area contributed by atoms with E-state index in [2.05, 4.69) is 11.4 Å². The zero-order valence-corrected chi connectivity index (χ0v) is 17.5. The minimum absolute atomic E-state index is 0.255. The SMILES string of the molecule is Cc1cccc(CCCNC(=O)CN(c2cc(Cl)cc(Cl)c2)S(C)(=O)=O)c1. The Kier molecular flexibility index (Phi) is 7.53. The first-order valence-corrected chi connectivity index (χ1v) is 11.0. The van der Waals surface area contributed by atoms with Crippen molar-refractivity contribution in [1.29, 1.82) is 0 Å². The quantitative estimate of drug-likeness (QED) is 0.649. The molecule has 0 aliphatic rings. The number of aryl methyl sites for hydroxylation is 2. The molecule has 2 aromatic carbocycles. The third-order valence-electron chi connectivity index (χ3n) is 3.87. The Labute approximate surface area is 170 Å². The first kappa shape index (κ1) is 21.5. The molecule has 1 amide bonds. The normalized spacial score (nSPS) is 11.3. The standard InChI is InChI=1S/C19H22Cl2N2O3S/c1-14-5-3-6-15(9-14)7-4-8-22-19(24)13-23(27(2,25)26)18-11-16(20)10-17(21)12-18/h3,5-6,9-12H,4,7-8,13H2,1-2H3,(H,22,24). The van der Waals surface area contributed by atoms with Crippen molar-refractivity contribution < 1.29 is 13.2 Å². The predicted octanol–water partition coefficient (Wildman–Crippen LogP) is 3.82. The van der Waals surface area contributed by atoms with Crippen LogP contribution in [0.2, 0.25) is 10.0 Å². The molecule has 146 valence electrons. The van der Waals surface area contributed by atoms with Gasteiger partial charge in [0, 0.05) is 16.6 Å². The summed E-state index contributed by atoms with van der Waals surface area (Å²) in [6.07, 6.45) is 2.63. The van der Waals surface area contributed by atoms with Crippen LogP contribution in [0.5, 0.6) is 0 Å². The summed E-state index contributed by atoms with van der Waals surface area (Å²) in [6, 6.07) is 12.6. The molecule has 0 atom stereocenters. The molecule has 8 heteroatoms. The molecule has 0 spiro atoms. The molecular formula is C19H22Cl2N2O3S. The third kappa shape index (κ3) is 7.05. The average molecular weight is 429 g/mol. The Morgan fingerprint density at radius 1 is 1.11 bits per heavy atom. The number of halogens is 2. The summed E-state index contributed by atoms with van der Waals surface area (Å²) in [5, 5.41) is 3.35. The van der Waals surface area contributed by atoms with Crippen LogP contribution in [0.15, 0.2) is 42.5 Å². The van der Waals surface area contributed by atoms with Gasteiger partial charge in [0.15, 0.2) is 0 Å². The monoisotopic (exact) mass is 428 g/mol. The molecule has 0 saturated carbocycles. The lowest BCUT2D eigenvalue weighted by molar-refractivity contribution is -0.119. The van der Waals surface area contributed by atoms with Crippen LogP contribution in [-0.2, 0) is 21.2 Å². The molecule has 0 aliphatic heterocycles. The second kappa shape index (κ2) is 9.44. The smallest absolute Gasteiger partial charge is 0.240 e. The minimum Gasteiger partial charge on any atom is -0.355 e. The van der Waals surface area contributed by atoms with Crippen molar-refractivity contribution in [3.8, 4) is 0 Å². The van der Waals surface area contributed by atoms with Crippen molar-refractivity contribution >= 4 is 44.8 Å². The van der Waals surface area contributed by atoms with Gasteiger partial charge < -0.3 is 5.32 Å². The lowest BCUT2D eigenvalue weighted by Gasteiger charge is -2.22. The maximum absolute atomic E-state index is 12.2. The number of nitrogens with zero attached hydrogens (tertiary/aromatic N) is 1. The molecule has 1 N–H and O–H groups in total. The van der Waals surface area contributed by atoms with Crippen molar-refractivity contribution in [3.63, 3.8) is 0 Å². The number of anilines is 1. The Balaban J connectivity index is 1.94. The molecule has 0 saturated heterocycles. The number of benzene rings is 2. The maximum Gasteiger partial charge on any atom is 0.240 e. The van der Waals surface area contributed by atoms with Crippen LogP contribution in [0.1, 0.15) is 17.5 Å². The summed E-state index contributed by atoms with van der Waals surface area (Å²) >= 11 is 11.9. The predicted molar refractivity (Wildman–Crippen MR) is 111 cm³/mol. The highest BCUT2D eigenvalue weighted by molar-refractivity contribution is 7.92. The Bertz CT molecular complexity index is 897. The van der Waals surface area contributed by atoms with Gasteiger partial charge in [0.2, 0.25) is 15.9 Å². The number of sulfonamides is 1. The van der Waals surface area contributed by atoms with Crippen molar-refractivity contribution in [2.75, 3.05) is 23.7 Å². The van der Waals surface area contributed by atoms with Crippen molar-refractivity contribution in [1.82, 2.24) is 5.32 Å². The Morgan fingerprint density at radius 2 is 1.78 bits per heavy atom. The molecule has 0 fully saturated rings. The molecule has 0 unspecified atom stereocenters. The van der Waals surface area contributed by atoms with E-state index < -0.39 is 10.0 Å². The molecule has 2 rings (SSSR count). The summed E-state index contributed by atoms with van der Waals surface area (Å²) in [4.78, 5) is 12.2. The number of amides is 1. The topological polar surface area (TPSA) is 66.5 Å². The molecule has 27 heavy (non-hydrogen) atoms. The second-order valence-electron chi connectivity index (χ2n) is 6.34. The highest BCUT2D eigenvalue weighted by atomic mass is 35.5. The number of nitrogens with one attached hydrogen (secondary N) is 1. The summed E-state index contributed by atoms with van der Waals surface area (Å²) in [6.45, 7) is 2.16. The van der Waals surface area contributed by atoms with Crippen LogP contribution in [0.3, 0.4) is 0 Å². The molecule has 5 nitrogen and oxygen atoms in total. The molecule has 2 aromatic rings. The van der Waals surface area contributed by atoms with Gasteiger partial charge in [-0.1, -0.05) is 53.0 Å². The molecule has 0 aliphatic carbocycles. The first-order chi connectivity index (χ1) is 12.6. The highest BCUT2D eigenvalue weighted by Gasteiger charge is 2.21. The number of rotatable bonds is 8. The first-order valence-electron chi connectivity index (χ1n) is 8.41. The number of carbonyl (C=O) groups excluding carboxylic acids is 1. The fourth-order valence-corrected chi connectivity index (χ4v) is 4.01. The summed E-state index contributed by atoms with van der Waals surface area (Å²) in [7, 11) is -3.67. The molecular weight excluding hydrogens is 407 g/mol. The van der Waals surface area contributed by atoms with E-state index in [0.29, 0.717) is 16.6 Å². The van der Waals surface area contributed by atoms with E-state index in [-0.39, 0.29) is 18.1 Å². The van der Waals surface area contributed by atoms with Crippen LogP contribution in [0, 0.1) is 6.92 Å². The molecule has 0 heterocycles. The molecule has 0 aromatic heterocycles. The largest absolute Gasteiger partial charge is 0.355 e. The maximum atomic E-state index is 12.2. The van der Waals surface area contributed by atoms with E-state index in [4.69, 9.17) is 23.2 Å². The average Bonchev–Trinajstić information content (AvgIpc) is 2.55. The molecule has 0 bridgehead atoms. The van der Waals surface area contributed by atoms with Gasteiger partial charge in [-0.3, -0.25) is 9.10 Å². The van der Waals surface area contributed by atoms with Crippen molar-refractivity contribution in [3.05, 3.63) is 63.6 Å². The van der Waals surface area contributed by atoms with Gasteiger partial charge in [0.25, 0.3) is 0 Å². The second-order valence-corrected chi connectivity index (χ2v) is 9.12. The lowest BCUT2D eigenvalue weighted by Crippen LogP contribution is -2.40. The van der Waals surface area contributed by atoms with Crippen LogP contribution in [-0.4, -0.2) is 33.7 Å². The number of hydrogen-bond donors (Lipinski definition) is 1. The Hall–Kier alpha value is -1.76. The number of hydrogen-bond acceptors (Lipinski definition) is 3. The summed E-state index contributed by atoms with van der Waals surface area (Å²) in [5.41, 5.74) is 2.65. The number of carbonyl (C=O) groups is 1. The van der Waals surface area contributed by atoms with Crippen LogP contribution >= 0.6 is 23.2 Å². The van der Waals surface area contributed by atoms with Crippen LogP contribution < -0.4 is 9.62 Å². The zero-order chi connectivity index (χ0) is 20.0. The van der Waals surface area contributed by atoms with Crippen LogP contribution in [0.25, 0.3) is 0 Å². The molecule has 0 radical (unpaired) electrons. The van der Waals surface area contributed by atoms with Gasteiger partial charge in [-0.25, -0.2) is 8.42 Å². The van der Waals surface area contributed by atoms with E-state index in [9.17, 15) is 13.2 Å². The van der Waals surface area contributed by atoms with E-state index in [0.717, 1.165) is 23.4 Å². The van der Waals surface area contributed by atoms with E-state index in [1.54, 1.807) is 0 Å². The van der Waals surface area contributed by atoms with Gasteiger partial charge >= 0.3 is 0 Å². The Morgan fingerprint density at radius 3 is 2.37 bits per heavy atom. The van der Waals surface area contributed by atoms with Gasteiger partial charge in [-0.2, -0.15) is 0 Å². The van der Waals surface area contributed by atoms with E-state index in [1.807, 2.05) is 25.1 Å². The minimum atomic E-state index is -3.67. The fraction of sp³-hybridized carbons (Fsp3) is 0.316. The zero-order valence-electron chi connectivity index (χ0n) is 15.2. The third-order valence-corrected chi connectivity index (χ3v) is 5.45. The lowest BCUT2D eigenvalue weighted by atomic mass is 10.1. The summed E-state index contributed by atoms with van der Waals surface area (Å²) in [5.74, 6) is -0.388. The van der Waals surface area contributed by atoms with E-state index in [1.165, 1.54) is 29.3 Å². The van der Waals surface area contributed by atoms with Crippen molar-refractivity contribution in [2.24, 2.45) is 0 Å². The van der Waals surface area contributed by atoms with Gasteiger partial charge in [-0.15, -0.1) is 0 Å².